The number of hydrogen-bond acceptors (Lipinski definition) is 5. The topological polar surface area (TPSA) is 80.1 Å². The average Bonchev–Trinajstić information content (AvgIpc) is 2.76. The lowest BCUT2D eigenvalue weighted by atomic mass is 10.1. The van der Waals surface area contributed by atoms with Crippen LogP contribution in [0.3, 0.4) is 0 Å². The molecular formula is C13H13BrN4O2. The summed E-state index contributed by atoms with van der Waals surface area (Å²) in [5, 5.41) is 9.87. The number of halogens is 1. The van der Waals surface area contributed by atoms with Crippen LogP contribution in [-0.4, -0.2) is 22.6 Å². The molecule has 20 heavy (non-hydrogen) atoms. The Balaban J connectivity index is 1.79. The SMILES string of the molecule is Cc1onc(Br)c1CNc1cnc2c(c1)C(=O)NCC2. The van der Waals surface area contributed by atoms with Gasteiger partial charge in [-0.15, -0.1) is 0 Å². The highest BCUT2D eigenvalue weighted by atomic mass is 79.9. The molecule has 0 fully saturated rings. The first-order valence-corrected chi connectivity index (χ1v) is 7.06. The lowest BCUT2D eigenvalue weighted by Gasteiger charge is -2.16. The molecule has 2 aromatic heterocycles. The third-order valence-electron chi connectivity index (χ3n) is 3.27. The van der Waals surface area contributed by atoms with Crippen molar-refractivity contribution in [3.05, 3.63) is 39.4 Å². The molecule has 0 saturated carbocycles. The van der Waals surface area contributed by atoms with Crippen LogP contribution in [0.1, 0.15) is 27.4 Å². The number of nitrogens with one attached hydrogen (secondary N) is 2. The van der Waals surface area contributed by atoms with Gasteiger partial charge in [0.15, 0.2) is 4.60 Å². The quantitative estimate of drug-likeness (QED) is 0.896. The van der Waals surface area contributed by atoms with E-state index in [1.54, 1.807) is 6.20 Å². The maximum Gasteiger partial charge on any atom is 0.253 e. The van der Waals surface area contributed by atoms with Crippen LogP contribution in [0.25, 0.3) is 0 Å². The highest BCUT2D eigenvalue weighted by molar-refractivity contribution is 9.10. The van der Waals surface area contributed by atoms with Gasteiger partial charge in [-0.1, -0.05) is 5.16 Å². The second kappa shape index (κ2) is 5.24. The van der Waals surface area contributed by atoms with E-state index in [1.807, 2.05) is 13.0 Å². The van der Waals surface area contributed by atoms with E-state index in [2.05, 4.69) is 36.7 Å². The number of amides is 1. The van der Waals surface area contributed by atoms with E-state index in [0.717, 1.165) is 29.1 Å². The number of hydrogen-bond donors (Lipinski definition) is 2. The largest absolute Gasteiger partial charge is 0.379 e. The van der Waals surface area contributed by atoms with Gasteiger partial charge in [0.1, 0.15) is 5.76 Å². The van der Waals surface area contributed by atoms with Crippen molar-refractivity contribution in [2.45, 2.75) is 19.9 Å². The molecule has 0 aliphatic carbocycles. The molecule has 0 spiro atoms. The van der Waals surface area contributed by atoms with E-state index in [9.17, 15) is 4.79 Å². The average molecular weight is 337 g/mol. The van der Waals surface area contributed by atoms with Crippen molar-refractivity contribution in [2.75, 3.05) is 11.9 Å². The van der Waals surface area contributed by atoms with E-state index in [4.69, 9.17) is 4.52 Å². The molecule has 104 valence electrons. The third-order valence-corrected chi connectivity index (χ3v) is 3.89. The predicted molar refractivity (Wildman–Crippen MR) is 76.5 cm³/mol. The number of fused-ring (bicyclic) bond motifs is 1. The molecule has 1 aliphatic heterocycles. The lowest BCUT2D eigenvalue weighted by Crippen LogP contribution is -2.32. The Bertz CT molecular complexity index is 649. The Kier molecular flexibility index (Phi) is 3.43. The zero-order valence-corrected chi connectivity index (χ0v) is 12.5. The summed E-state index contributed by atoms with van der Waals surface area (Å²) in [6, 6.07) is 1.83. The van der Waals surface area contributed by atoms with Gasteiger partial charge in [0, 0.05) is 25.1 Å². The summed E-state index contributed by atoms with van der Waals surface area (Å²) < 4.78 is 5.76. The van der Waals surface area contributed by atoms with E-state index in [1.165, 1.54) is 0 Å². The van der Waals surface area contributed by atoms with Crippen LogP contribution < -0.4 is 10.6 Å². The molecule has 0 atom stereocenters. The summed E-state index contributed by atoms with van der Waals surface area (Å²) in [7, 11) is 0. The van der Waals surface area contributed by atoms with Crippen LogP contribution in [0.5, 0.6) is 0 Å². The molecule has 0 bridgehead atoms. The van der Waals surface area contributed by atoms with Gasteiger partial charge in [-0.2, -0.15) is 0 Å². The standard InChI is InChI=1S/C13H13BrN4O2/c1-7-10(12(14)18-20-7)6-16-8-4-9-11(17-5-8)2-3-15-13(9)19/h4-5,16H,2-3,6H2,1H3,(H,15,19). The summed E-state index contributed by atoms with van der Waals surface area (Å²) in [5.41, 5.74) is 3.24. The number of aromatic nitrogens is 2. The first-order chi connectivity index (χ1) is 9.65. The first-order valence-electron chi connectivity index (χ1n) is 6.27. The Hall–Kier alpha value is -1.89. The number of aryl methyl sites for hydroxylation is 1. The first kappa shape index (κ1) is 13.1. The summed E-state index contributed by atoms with van der Waals surface area (Å²) in [6.07, 6.45) is 2.52. The van der Waals surface area contributed by atoms with Gasteiger partial charge in [-0.3, -0.25) is 9.78 Å². The number of pyridine rings is 1. The van der Waals surface area contributed by atoms with Crippen molar-refractivity contribution in [2.24, 2.45) is 0 Å². The Morgan fingerprint density at radius 1 is 1.55 bits per heavy atom. The van der Waals surface area contributed by atoms with E-state index >= 15 is 0 Å². The van der Waals surface area contributed by atoms with Crippen molar-refractivity contribution >= 4 is 27.5 Å². The monoisotopic (exact) mass is 336 g/mol. The van der Waals surface area contributed by atoms with Gasteiger partial charge in [0.05, 0.1) is 23.1 Å². The maximum absolute atomic E-state index is 11.8. The van der Waals surface area contributed by atoms with Crippen LogP contribution in [0.4, 0.5) is 5.69 Å². The number of carbonyl (C=O) groups excluding carboxylic acids is 1. The van der Waals surface area contributed by atoms with Gasteiger partial charge in [-0.25, -0.2) is 0 Å². The highest BCUT2D eigenvalue weighted by Gasteiger charge is 2.18. The Morgan fingerprint density at radius 2 is 2.40 bits per heavy atom. The molecule has 2 N–H and O–H groups in total. The van der Waals surface area contributed by atoms with E-state index in [-0.39, 0.29) is 5.91 Å². The smallest absolute Gasteiger partial charge is 0.253 e. The molecule has 7 heteroatoms. The summed E-state index contributed by atoms with van der Waals surface area (Å²) in [5.74, 6) is 0.692. The second-order valence-corrected chi connectivity index (χ2v) is 5.34. The Labute approximate surface area is 124 Å². The summed E-state index contributed by atoms with van der Waals surface area (Å²) >= 11 is 3.34. The zero-order valence-electron chi connectivity index (χ0n) is 10.9. The fourth-order valence-electron chi connectivity index (χ4n) is 2.13. The molecule has 0 saturated heterocycles. The van der Waals surface area contributed by atoms with Crippen LogP contribution in [-0.2, 0) is 13.0 Å². The number of carbonyl (C=O) groups is 1. The normalized spacial score (nSPS) is 13.8. The summed E-state index contributed by atoms with van der Waals surface area (Å²) in [6.45, 7) is 3.06. The predicted octanol–water partition coefficient (Wildman–Crippen LogP) is 2.04. The fourth-order valence-corrected chi connectivity index (χ4v) is 2.62. The van der Waals surface area contributed by atoms with Crippen LogP contribution >= 0.6 is 15.9 Å². The number of rotatable bonds is 3. The number of anilines is 1. The van der Waals surface area contributed by atoms with Crippen molar-refractivity contribution in [1.82, 2.24) is 15.5 Å². The molecule has 6 nitrogen and oxygen atoms in total. The molecule has 3 rings (SSSR count). The maximum atomic E-state index is 11.8. The van der Waals surface area contributed by atoms with E-state index < -0.39 is 0 Å². The van der Waals surface area contributed by atoms with Gasteiger partial charge in [-0.05, 0) is 28.9 Å². The fraction of sp³-hybridized carbons (Fsp3) is 0.308. The van der Waals surface area contributed by atoms with Crippen molar-refractivity contribution < 1.29 is 9.32 Å². The van der Waals surface area contributed by atoms with E-state index in [0.29, 0.717) is 23.3 Å². The molecule has 2 aromatic rings. The highest BCUT2D eigenvalue weighted by Crippen LogP contribution is 2.21. The second-order valence-electron chi connectivity index (χ2n) is 4.59. The molecule has 3 heterocycles. The van der Waals surface area contributed by atoms with Crippen molar-refractivity contribution in [3.63, 3.8) is 0 Å². The number of nitrogens with zero attached hydrogens (tertiary/aromatic N) is 2. The minimum Gasteiger partial charge on any atom is -0.379 e. The van der Waals surface area contributed by atoms with Gasteiger partial charge >= 0.3 is 0 Å². The van der Waals surface area contributed by atoms with Gasteiger partial charge in [0.25, 0.3) is 5.91 Å². The molecule has 0 aromatic carbocycles. The minimum absolute atomic E-state index is 0.0651. The Morgan fingerprint density at radius 3 is 3.15 bits per heavy atom. The van der Waals surface area contributed by atoms with Crippen LogP contribution in [0.2, 0.25) is 0 Å². The molecule has 0 radical (unpaired) electrons. The molecule has 1 aliphatic rings. The third kappa shape index (κ3) is 2.40. The van der Waals surface area contributed by atoms with Crippen LogP contribution in [0.15, 0.2) is 21.4 Å². The molecular weight excluding hydrogens is 324 g/mol. The van der Waals surface area contributed by atoms with Gasteiger partial charge < -0.3 is 15.2 Å². The zero-order chi connectivity index (χ0) is 14.1. The lowest BCUT2D eigenvalue weighted by molar-refractivity contribution is 0.0945. The van der Waals surface area contributed by atoms with Gasteiger partial charge in [0.2, 0.25) is 0 Å². The van der Waals surface area contributed by atoms with Crippen LogP contribution in [0, 0.1) is 6.92 Å². The minimum atomic E-state index is -0.0651. The summed E-state index contributed by atoms with van der Waals surface area (Å²) in [4.78, 5) is 16.1. The van der Waals surface area contributed by atoms with Crippen molar-refractivity contribution in [3.8, 4) is 0 Å². The van der Waals surface area contributed by atoms with Crippen molar-refractivity contribution in [1.29, 1.82) is 0 Å². The molecule has 0 unspecified atom stereocenters. The molecule has 1 amide bonds.